The molecule has 0 aromatic heterocycles. The van der Waals surface area contributed by atoms with E-state index in [9.17, 15) is 14.0 Å². The second kappa shape index (κ2) is 8.22. The Hall–Kier alpha value is -3.55. The third-order valence-corrected chi connectivity index (χ3v) is 3.64. The summed E-state index contributed by atoms with van der Waals surface area (Å²) >= 11 is 0. The first-order chi connectivity index (χ1) is 13.0. The zero-order valence-corrected chi connectivity index (χ0v) is 14.4. The van der Waals surface area contributed by atoms with Gasteiger partial charge in [-0.3, -0.25) is 20.4 Å². The monoisotopic (exact) mass is 372 g/mol. The summed E-state index contributed by atoms with van der Waals surface area (Å²) in [6.07, 6.45) is 1.81. The zero-order chi connectivity index (χ0) is 19.2. The number of carbonyl (C=O) groups excluding carboxylic acids is 2. The Morgan fingerprint density at radius 1 is 1.15 bits per heavy atom. The van der Waals surface area contributed by atoms with Gasteiger partial charge in [0.25, 0.3) is 11.8 Å². The summed E-state index contributed by atoms with van der Waals surface area (Å²) in [5.41, 5.74) is 5.18. The highest BCUT2D eigenvalue weighted by molar-refractivity contribution is 5.93. The largest absolute Gasteiger partial charge is 0.478 e. The molecule has 1 aliphatic heterocycles. The summed E-state index contributed by atoms with van der Waals surface area (Å²) < 4.78 is 29.2. The second-order valence-corrected chi connectivity index (χ2v) is 5.62. The maximum Gasteiger partial charge on any atom is 0.279 e. The van der Waals surface area contributed by atoms with E-state index in [0.717, 1.165) is 5.56 Å². The molecule has 27 heavy (non-hydrogen) atoms. The van der Waals surface area contributed by atoms with Crippen molar-refractivity contribution in [2.75, 3.05) is 6.79 Å². The van der Waals surface area contributed by atoms with Gasteiger partial charge in [-0.1, -0.05) is 18.2 Å². The van der Waals surface area contributed by atoms with Gasteiger partial charge < -0.3 is 14.2 Å². The lowest BCUT2D eigenvalue weighted by atomic mass is 10.2. The van der Waals surface area contributed by atoms with E-state index < -0.39 is 23.7 Å². The summed E-state index contributed by atoms with van der Waals surface area (Å²) in [6.45, 7) is 1.61. The molecule has 2 amide bonds. The average Bonchev–Trinajstić information content (AvgIpc) is 3.14. The molecule has 0 spiro atoms. The molecule has 0 unspecified atom stereocenters. The summed E-state index contributed by atoms with van der Waals surface area (Å²) in [4.78, 5) is 23.8. The highest BCUT2D eigenvalue weighted by Crippen LogP contribution is 2.32. The van der Waals surface area contributed by atoms with Crippen molar-refractivity contribution in [3.8, 4) is 17.2 Å². The molecule has 7 nitrogen and oxygen atoms in total. The normalized spacial score (nSPS) is 13.3. The molecule has 1 heterocycles. The molecule has 8 heteroatoms. The van der Waals surface area contributed by atoms with Crippen LogP contribution in [0.25, 0.3) is 6.08 Å². The Morgan fingerprint density at radius 2 is 1.93 bits per heavy atom. The first-order valence-electron chi connectivity index (χ1n) is 8.11. The van der Waals surface area contributed by atoms with Crippen LogP contribution < -0.4 is 25.1 Å². The van der Waals surface area contributed by atoms with Crippen LogP contribution in [0, 0.1) is 5.82 Å². The summed E-state index contributed by atoms with van der Waals surface area (Å²) in [5.74, 6) is -0.540. The molecule has 140 valence electrons. The van der Waals surface area contributed by atoms with Crippen LogP contribution in [0.5, 0.6) is 17.2 Å². The number of halogens is 1. The van der Waals surface area contributed by atoms with Gasteiger partial charge in [0.1, 0.15) is 0 Å². The number of hydrogen-bond donors (Lipinski definition) is 2. The molecular weight excluding hydrogens is 355 g/mol. The Bertz CT molecular complexity index is 884. The molecule has 2 aromatic carbocycles. The maximum atomic E-state index is 13.5. The minimum atomic E-state index is -1.000. The minimum Gasteiger partial charge on any atom is -0.478 e. The number of ether oxygens (including phenoxy) is 3. The third-order valence-electron chi connectivity index (χ3n) is 3.64. The maximum absolute atomic E-state index is 13.5. The van der Waals surface area contributed by atoms with Crippen molar-refractivity contribution >= 4 is 17.9 Å². The number of hydrazine groups is 1. The minimum absolute atomic E-state index is 0.0471. The van der Waals surface area contributed by atoms with Crippen LogP contribution in [-0.4, -0.2) is 24.7 Å². The van der Waals surface area contributed by atoms with Gasteiger partial charge in [0.05, 0.1) is 0 Å². The van der Waals surface area contributed by atoms with E-state index in [2.05, 4.69) is 10.9 Å². The van der Waals surface area contributed by atoms with Crippen molar-refractivity contribution in [1.82, 2.24) is 10.9 Å². The predicted molar refractivity (Wildman–Crippen MR) is 94.4 cm³/mol. The van der Waals surface area contributed by atoms with Crippen molar-refractivity contribution in [3.05, 3.63) is 59.9 Å². The number of para-hydroxylation sites is 1. The topological polar surface area (TPSA) is 85.9 Å². The molecular formula is C19H17FN2O5. The van der Waals surface area contributed by atoms with Gasteiger partial charge in [0.15, 0.2) is 29.2 Å². The molecule has 2 N–H and O–H groups in total. The Kier molecular flexibility index (Phi) is 5.55. The molecule has 1 atom stereocenters. The number of amides is 2. The van der Waals surface area contributed by atoms with Crippen molar-refractivity contribution < 1.29 is 28.2 Å². The zero-order valence-electron chi connectivity index (χ0n) is 14.4. The van der Waals surface area contributed by atoms with Gasteiger partial charge in [-0.05, 0) is 42.8 Å². The number of fused-ring (bicyclic) bond motifs is 1. The van der Waals surface area contributed by atoms with Crippen molar-refractivity contribution in [2.24, 2.45) is 0 Å². The number of hydrogen-bond acceptors (Lipinski definition) is 5. The number of nitrogens with one attached hydrogen (secondary N) is 2. The molecule has 0 bridgehead atoms. The van der Waals surface area contributed by atoms with E-state index in [1.807, 2.05) is 0 Å². The summed E-state index contributed by atoms with van der Waals surface area (Å²) in [7, 11) is 0. The van der Waals surface area contributed by atoms with E-state index in [0.29, 0.717) is 11.5 Å². The van der Waals surface area contributed by atoms with Gasteiger partial charge >= 0.3 is 0 Å². The van der Waals surface area contributed by atoms with Crippen LogP contribution in [0.3, 0.4) is 0 Å². The third kappa shape index (κ3) is 4.75. The van der Waals surface area contributed by atoms with Crippen molar-refractivity contribution in [1.29, 1.82) is 0 Å². The van der Waals surface area contributed by atoms with E-state index >= 15 is 0 Å². The Balaban J connectivity index is 1.48. The number of rotatable bonds is 5. The van der Waals surface area contributed by atoms with Crippen LogP contribution in [0.1, 0.15) is 12.5 Å². The first kappa shape index (κ1) is 18.2. The van der Waals surface area contributed by atoms with Crippen LogP contribution in [0.15, 0.2) is 48.5 Å². The van der Waals surface area contributed by atoms with Gasteiger partial charge in [-0.2, -0.15) is 0 Å². The van der Waals surface area contributed by atoms with Gasteiger partial charge in [0.2, 0.25) is 6.79 Å². The molecule has 0 saturated heterocycles. The van der Waals surface area contributed by atoms with Crippen LogP contribution in [-0.2, 0) is 9.59 Å². The molecule has 1 aliphatic rings. The molecule has 0 saturated carbocycles. The molecule has 0 fully saturated rings. The second-order valence-electron chi connectivity index (χ2n) is 5.62. The van der Waals surface area contributed by atoms with Gasteiger partial charge in [-0.15, -0.1) is 0 Å². The highest BCUT2D eigenvalue weighted by atomic mass is 19.1. The van der Waals surface area contributed by atoms with Crippen LogP contribution in [0.4, 0.5) is 4.39 Å². The SMILES string of the molecule is C[C@@H](Oc1ccccc1F)C(=O)NNC(=O)/C=C/c1ccc2c(c1)OCO2. The summed E-state index contributed by atoms with van der Waals surface area (Å²) in [5, 5.41) is 0. The lowest BCUT2D eigenvalue weighted by Gasteiger charge is -2.15. The van der Waals surface area contributed by atoms with E-state index in [1.165, 1.54) is 31.2 Å². The standard InChI is InChI=1S/C19H17FN2O5/c1-12(27-15-5-3-2-4-14(15)20)19(24)22-21-18(23)9-7-13-6-8-16-17(10-13)26-11-25-16/h2-10,12H,11H2,1H3,(H,21,23)(H,22,24)/b9-7+/t12-/m1/s1. The quantitative estimate of drug-likeness (QED) is 0.621. The summed E-state index contributed by atoms with van der Waals surface area (Å²) in [6, 6.07) is 11.0. The highest BCUT2D eigenvalue weighted by Gasteiger charge is 2.16. The molecule has 0 aliphatic carbocycles. The van der Waals surface area contributed by atoms with E-state index in [4.69, 9.17) is 14.2 Å². The predicted octanol–water partition coefficient (Wildman–Crippen LogP) is 2.18. The number of carbonyl (C=O) groups is 2. The van der Waals surface area contributed by atoms with Crippen LogP contribution in [0.2, 0.25) is 0 Å². The Morgan fingerprint density at radius 3 is 2.74 bits per heavy atom. The fraction of sp³-hybridized carbons (Fsp3) is 0.158. The number of benzene rings is 2. The average molecular weight is 372 g/mol. The lowest BCUT2D eigenvalue weighted by Crippen LogP contribution is -2.46. The lowest BCUT2D eigenvalue weighted by molar-refractivity contribution is -0.131. The van der Waals surface area contributed by atoms with E-state index in [1.54, 1.807) is 30.3 Å². The smallest absolute Gasteiger partial charge is 0.279 e. The van der Waals surface area contributed by atoms with Gasteiger partial charge in [0, 0.05) is 6.08 Å². The van der Waals surface area contributed by atoms with Crippen molar-refractivity contribution in [2.45, 2.75) is 13.0 Å². The first-order valence-corrected chi connectivity index (χ1v) is 8.11. The fourth-order valence-corrected chi connectivity index (χ4v) is 2.24. The molecule has 0 radical (unpaired) electrons. The fourth-order valence-electron chi connectivity index (χ4n) is 2.24. The van der Waals surface area contributed by atoms with E-state index in [-0.39, 0.29) is 12.5 Å². The van der Waals surface area contributed by atoms with Crippen molar-refractivity contribution in [3.63, 3.8) is 0 Å². The Labute approximate surface area is 154 Å². The molecule has 3 rings (SSSR count). The van der Waals surface area contributed by atoms with Crippen LogP contribution >= 0.6 is 0 Å². The van der Waals surface area contributed by atoms with Gasteiger partial charge in [-0.25, -0.2) is 4.39 Å². The molecule has 2 aromatic rings.